The number of allylic oxidation sites excluding steroid dienone is 1. The van der Waals surface area contributed by atoms with E-state index < -0.39 is 0 Å². The lowest BCUT2D eigenvalue weighted by Crippen LogP contribution is -2.11. The van der Waals surface area contributed by atoms with Gasteiger partial charge in [-0.1, -0.05) is 36.4 Å². The lowest BCUT2D eigenvalue weighted by atomic mass is 9.87. The summed E-state index contributed by atoms with van der Waals surface area (Å²) in [7, 11) is 3.01. The Hall–Kier alpha value is -3.60. The topological polar surface area (TPSA) is 44.8 Å². The zero-order valence-corrected chi connectivity index (χ0v) is 19.3. The van der Waals surface area contributed by atoms with Crippen molar-refractivity contribution in [2.45, 2.75) is 31.6 Å². The van der Waals surface area contributed by atoms with Crippen molar-refractivity contribution in [2.75, 3.05) is 14.2 Å². The zero-order valence-electron chi connectivity index (χ0n) is 19.3. The van der Waals surface area contributed by atoms with Crippen LogP contribution in [0.5, 0.6) is 11.5 Å². The molecular formula is C29H27FO4. The predicted molar refractivity (Wildman–Crippen MR) is 129 cm³/mol. The number of halogens is 1. The molecule has 0 bridgehead atoms. The van der Waals surface area contributed by atoms with E-state index in [1.165, 1.54) is 18.7 Å². The summed E-state index contributed by atoms with van der Waals surface area (Å²) < 4.78 is 30.5. The fraction of sp³-hybridized carbons (Fsp3) is 0.276. The molecule has 1 atom stereocenters. The summed E-state index contributed by atoms with van der Waals surface area (Å²) in [5.41, 5.74) is 5.64. The van der Waals surface area contributed by atoms with Gasteiger partial charge in [0.15, 0.2) is 0 Å². The first kappa shape index (κ1) is 22.2. The summed E-state index contributed by atoms with van der Waals surface area (Å²) in [5.74, 6) is 1.74. The summed E-state index contributed by atoms with van der Waals surface area (Å²) in [6, 6.07) is 18.8. The minimum absolute atomic E-state index is 0.168. The second-order valence-corrected chi connectivity index (χ2v) is 8.95. The number of esters is 1. The van der Waals surface area contributed by atoms with Gasteiger partial charge in [-0.15, -0.1) is 0 Å². The molecule has 0 amide bonds. The molecule has 3 aromatic carbocycles. The fourth-order valence-corrected chi connectivity index (χ4v) is 4.67. The Balaban J connectivity index is 1.36. The van der Waals surface area contributed by atoms with Crippen LogP contribution in [0.25, 0.3) is 16.7 Å². The van der Waals surface area contributed by atoms with E-state index in [4.69, 9.17) is 14.2 Å². The number of methoxy groups -OCH3 is 2. The SMILES string of the molecule is COC(=O)CC(c1ccc2c(c1)CC(c1ccc(-c3cc(OC)ccc3F)cc1)=CO2)C1CC1. The summed E-state index contributed by atoms with van der Waals surface area (Å²) in [6.07, 6.45) is 5.23. The minimum Gasteiger partial charge on any atom is -0.497 e. The van der Waals surface area contributed by atoms with E-state index in [1.54, 1.807) is 25.5 Å². The first-order chi connectivity index (χ1) is 16.6. The zero-order chi connectivity index (χ0) is 23.7. The Bertz CT molecular complexity index is 1240. The molecule has 174 valence electrons. The molecule has 0 aromatic heterocycles. The lowest BCUT2D eigenvalue weighted by molar-refractivity contribution is -0.141. The van der Waals surface area contributed by atoms with Gasteiger partial charge in [-0.05, 0) is 76.8 Å². The minimum atomic E-state index is -0.285. The van der Waals surface area contributed by atoms with Crippen LogP contribution in [-0.4, -0.2) is 20.2 Å². The number of hydrogen-bond acceptors (Lipinski definition) is 4. The van der Waals surface area contributed by atoms with E-state index >= 15 is 0 Å². The molecule has 0 radical (unpaired) electrons. The number of carbonyl (C=O) groups is 1. The molecule has 4 nitrogen and oxygen atoms in total. The number of hydrogen-bond donors (Lipinski definition) is 0. The summed E-state index contributed by atoms with van der Waals surface area (Å²) in [6.45, 7) is 0. The van der Waals surface area contributed by atoms with Crippen molar-refractivity contribution in [3.8, 4) is 22.6 Å². The van der Waals surface area contributed by atoms with Crippen LogP contribution < -0.4 is 9.47 Å². The van der Waals surface area contributed by atoms with Gasteiger partial charge in [-0.2, -0.15) is 0 Å². The van der Waals surface area contributed by atoms with E-state index in [1.807, 2.05) is 30.3 Å². The van der Waals surface area contributed by atoms with Crippen LogP contribution in [0.3, 0.4) is 0 Å². The molecule has 2 aliphatic rings. The van der Waals surface area contributed by atoms with Crippen LogP contribution in [-0.2, 0) is 16.0 Å². The van der Waals surface area contributed by atoms with Crippen LogP contribution in [0.1, 0.15) is 41.9 Å². The second-order valence-electron chi connectivity index (χ2n) is 8.95. The van der Waals surface area contributed by atoms with E-state index in [0.717, 1.165) is 47.3 Å². The Morgan fingerprint density at radius 1 is 1.03 bits per heavy atom. The Kier molecular flexibility index (Phi) is 6.10. The molecule has 0 spiro atoms. The predicted octanol–water partition coefficient (Wildman–Crippen LogP) is 6.53. The van der Waals surface area contributed by atoms with Gasteiger partial charge < -0.3 is 14.2 Å². The van der Waals surface area contributed by atoms with Crippen LogP contribution in [0.4, 0.5) is 4.39 Å². The van der Waals surface area contributed by atoms with Crippen LogP contribution in [0.2, 0.25) is 0 Å². The van der Waals surface area contributed by atoms with Gasteiger partial charge in [0.05, 0.1) is 26.9 Å². The van der Waals surface area contributed by atoms with E-state index in [0.29, 0.717) is 23.7 Å². The molecule has 1 aliphatic heterocycles. The highest BCUT2D eigenvalue weighted by atomic mass is 19.1. The molecule has 0 N–H and O–H groups in total. The van der Waals surface area contributed by atoms with Crippen molar-refractivity contribution in [1.82, 2.24) is 0 Å². The van der Waals surface area contributed by atoms with Gasteiger partial charge in [0.25, 0.3) is 0 Å². The van der Waals surface area contributed by atoms with Crippen molar-refractivity contribution < 1.29 is 23.4 Å². The number of fused-ring (bicyclic) bond motifs is 1. The first-order valence-corrected chi connectivity index (χ1v) is 11.6. The van der Waals surface area contributed by atoms with Crippen LogP contribution in [0.15, 0.2) is 66.9 Å². The largest absolute Gasteiger partial charge is 0.497 e. The Morgan fingerprint density at radius 2 is 1.79 bits per heavy atom. The van der Waals surface area contributed by atoms with Crippen LogP contribution in [0, 0.1) is 11.7 Å². The van der Waals surface area contributed by atoms with Crippen molar-refractivity contribution in [1.29, 1.82) is 0 Å². The Labute approximate surface area is 199 Å². The molecular weight excluding hydrogens is 431 g/mol. The van der Waals surface area contributed by atoms with Crippen molar-refractivity contribution in [3.63, 3.8) is 0 Å². The number of rotatable bonds is 7. The summed E-state index contributed by atoms with van der Waals surface area (Å²) in [5, 5.41) is 0. The molecule has 1 unspecified atom stereocenters. The number of benzene rings is 3. The highest BCUT2D eigenvalue weighted by Gasteiger charge is 2.34. The van der Waals surface area contributed by atoms with Crippen molar-refractivity contribution in [2.24, 2.45) is 5.92 Å². The fourth-order valence-electron chi connectivity index (χ4n) is 4.67. The third kappa shape index (κ3) is 4.56. The maximum Gasteiger partial charge on any atom is 0.306 e. The molecule has 1 fully saturated rings. The lowest BCUT2D eigenvalue weighted by Gasteiger charge is -2.21. The van der Waals surface area contributed by atoms with E-state index in [2.05, 4.69) is 12.1 Å². The van der Waals surface area contributed by atoms with Gasteiger partial charge in [-0.25, -0.2) is 4.39 Å². The number of carbonyl (C=O) groups excluding carboxylic acids is 1. The Morgan fingerprint density at radius 3 is 2.50 bits per heavy atom. The molecule has 1 heterocycles. The highest BCUT2D eigenvalue weighted by Crippen LogP contribution is 2.46. The van der Waals surface area contributed by atoms with Gasteiger partial charge in [0.1, 0.15) is 17.3 Å². The molecule has 34 heavy (non-hydrogen) atoms. The van der Waals surface area contributed by atoms with Gasteiger partial charge in [0, 0.05) is 12.0 Å². The molecule has 1 saturated carbocycles. The third-order valence-electron chi connectivity index (χ3n) is 6.77. The average Bonchev–Trinajstić information content (AvgIpc) is 3.72. The third-order valence-corrected chi connectivity index (χ3v) is 6.77. The van der Waals surface area contributed by atoms with E-state index in [9.17, 15) is 9.18 Å². The van der Waals surface area contributed by atoms with Crippen molar-refractivity contribution >= 4 is 11.5 Å². The van der Waals surface area contributed by atoms with Gasteiger partial charge in [-0.3, -0.25) is 4.79 Å². The smallest absolute Gasteiger partial charge is 0.306 e. The average molecular weight is 459 g/mol. The first-order valence-electron chi connectivity index (χ1n) is 11.6. The van der Waals surface area contributed by atoms with E-state index in [-0.39, 0.29) is 17.7 Å². The maximum absolute atomic E-state index is 14.4. The summed E-state index contributed by atoms with van der Waals surface area (Å²) in [4.78, 5) is 12.0. The van der Waals surface area contributed by atoms with Gasteiger partial charge in [0.2, 0.25) is 0 Å². The molecule has 1 aliphatic carbocycles. The molecule has 5 rings (SSSR count). The standard InChI is InChI=1S/C29H27FO4/c1-32-24-10-11-27(30)26(15-24)20-5-3-18(4-6-20)23-14-22-13-21(9-12-28(22)34-17-23)25(19-7-8-19)16-29(31)33-2/h3-6,9-13,15,17,19,25H,7-8,14,16H2,1-2H3. The number of ether oxygens (including phenoxy) is 3. The molecule has 5 heteroatoms. The summed E-state index contributed by atoms with van der Waals surface area (Å²) >= 11 is 0. The van der Waals surface area contributed by atoms with Crippen LogP contribution >= 0.6 is 0 Å². The second kappa shape index (κ2) is 9.34. The normalized spacial score (nSPS) is 15.6. The van der Waals surface area contributed by atoms with Crippen molar-refractivity contribution in [3.05, 3.63) is 89.4 Å². The molecule has 0 saturated heterocycles. The molecule has 3 aromatic rings. The highest BCUT2D eigenvalue weighted by molar-refractivity contribution is 5.74. The monoisotopic (exact) mass is 458 g/mol. The quantitative estimate of drug-likeness (QED) is 0.378. The maximum atomic E-state index is 14.4. The van der Waals surface area contributed by atoms with Gasteiger partial charge >= 0.3 is 5.97 Å².